The molecule has 3 N–H and O–H groups in total. The van der Waals surface area contributed by atoms with Gasteiger partial charge in [0.05, 0.1) is 0 Å². The van der Waals surface area contributed by atoms with Crippen LogP contribution in [0.4, 0.5) is 15.5 Å². The highest BCUT2D eigenvalue weighted by Crippen LogP contribution is 2.30. The Labute approximate surface area is 177 Å². The van der Waals surface area contributed by atoms with Crippen LogP contribution in [0.1, 0.15) is 62.4 Å². The molecule has 0 aromatic carbocycles. The number of hydrogen-bond acceptors (Lipinski definition) is 5. The van der Waals surface area contributed by atoms with Crippen LogP contribution in [0.25, 0.3) is 0 Å². The molecule has 2 rings (SSSR count). The number of nitrogens with one attached hydrogen (secondary N) is 1. The van der Waals surface area contributed by atoms with Crippen molar-refractivity contribution in [1.29, 1.82) is 0 Å². The lowest BCUT2D eigenvalue weighted by molar-refractivity contribution is 0.100. The van der Waals surface area contributed by atoms with E-state index in [1.807, 2.05) is 0 Å². The van der Waals surface area contributed by atoms with Crippen molar-refractivity contribution in [3.05, 3.63) is 34.1 Å². The van der Waals surface area contributed by atoms with Gasteiger partial charge in [0.2, 0.25) is 0 Å². The van der Waals surface area contributed by atoms with Gasteiger partial charge in [-0.1, -0.05) is 39.0 Å². The average Bonchev–Trinajstić information content (AvgIpc) is 2.94. The number of anilines is 2. The lowest BCUT2D eigenvalue weighted by atomic mass is 9.89. The first-order chi connectivity index (χ1) is 13.2. The molecule has 9 heteroatoms. The Balaban J connectivity index is 1.99. The quantitative estimate of drug-likeness (QED) is 0.430. The lowest BCUT2D eigenvalue weighted by Gasteiger charge is -2.16. The largest absolute Gasteiger partial charge is 0.365 e. The van der Waals surface area contributed by atoms with Gasteiger partial charge < -0.3 is 11.1 Å². The fourth-order valence-corrected chi connectivity index (χ4v) is 3.41. The number of hydrogen-bond donors (Lipinski definition) is 2. The molecule has 150 valence electrons. The summed E-state index contributed by atoms with van der Waals surface area (Å²) in [5, 5.41) is 6.72. The summed E-state index contributed by atoms with van der Waals surface area (Å²) in [5.41, 5.74) is 6.53. The molecule has 0 aliphatic carbocycles. The molecule has 0 spiro atoms. The van der Waals surface area contributed by atoms with Crippen LogP contribution in [0.5, 0.6) is 0 Å². The molecular weight excluding hydrogens is 445 g/mol. The Morgan fingerprint density at radius 2 is 2.14 bits per heavy atom. The van der Waals surface area contributed by atoms with Gasteiger partial charge in [0.1, 0.15) is 16.0 Å². The molecule has 2 aromatic rings. The van der Waals surface area contributed by atoms with Crippen LogP contribution in [-0.2, 0) is 0 Å². The minimum Gasteiger partial charge on any atom is -0.365 e. The number of rotatable bonds is 7. The van der Waals surface area contributed by atoms with E-state index < -0.39 is 5.91 Å². The highest BCUT2D eigenvalue weighted by Gasteiger charge is 2.22. The standard InChI is InChI=1S/C19H23BrFN5OS/c1-19(2,3)11-7-5-4-6-8-13-9-10-14(23-12-13)24-18-15(17(22)27)16(20)25-26(18)28-21/h9-10,12H,4-5,7,11H2,1-3H3,(H2,22,27)(H,23,24). The maximum Gasteiger partial charge on any atom is 0.255 e. The van der Waals surface area contributed by atoms with Crippen molar-refractivity contribution < 1.29 is 8.68 Å². The van der Waals surface area contributed by atoms with Gasteiger partial charge in [-0.15, -0.1) is 8.98 Å². The highest BCUT2D eigenvalue weighted by molar-refractivity contribution is 9.10. The van der Waals surface area contributed by atoms with Crippen molar-refractivity contribution in [3.8, 4) is 11.8 Å². The number of halogens is 2. The normalized spacial score (nSPS) is 11.0. The minimum atomic E-state index is -0.733. The zero-order valence-corrected chi connectivity index (χ0v) is 18.5. The molecule has 0 atom stereocenters. The zero-order valence-electron chi connectivity index (χ0n) is 16.1. The summed E-state index contributed by atoms with van der Waals surface area (Å²) in [5.74, 6) is 6.04. The van der Waals surface area contributed by atoms with Crippen molar-refractivity contribution in [2.75, 3.05) is 5.32 Å². The monoisotopic (exact) mass is 467 g/mol. The maximum absolute atomic E-state index is 13.1. The topological polar surface area (TPSA) is 85.8 Å². The van der Waals surface area contributed by atoms with Gasteiger partial charge in [0, 0.05) is 18.2 Å². The van der Waals surface area contributed by atoms with Crippen molar-refractivity contribution >= 4 is 45.8 Å². The Morgan fingerprint density at radius 3 is 2.71 bits per heavy atom. The SMILES string of the molecule is CC(C)(C)CCCCC#Cc1ccc(Nc2c(C(N)=O)c(Br)nn2SF)nc1. The first kappa shape index (κ1) is 22.2. The summed E-state index contributed by atoms with van der Waals surface area (Å²) in [4.78, 5) is 15.8. The molecule has 28 heavy (non-hydrogen) atoms. The predicted molar refractivity (Wildman–Crippen MR) is 115 cm³/mol. The summed E-state index contributed by atoms with van der Waals surface area (Å²) in [6.07, 6.45) is 5.89. The van der Waals surface area contributed by atoms with E-state index in [9.17, 15) is 8.68 Å². The van der Waals surface area contributed by atoms with E-state index in [1.165, 1.54) is 6.42 Å². The van der Waals surface area contributed by atoms with E-state index in [4.69, 9.17) is 5.73 Å². The minimum absolute atomic E-state index is 0.0473. The summed E-state index contributed by atoms with van der Waals surface area (Å²) in [6, 6.07) is 3.50. The van der Waals surface area contributed by atoms with Gasteiger partial charge >= 0.3 is 0 Å². The number of carbonyl (C=O) groups excluding carboxylic acids is 1. The summed E-state index contributed by atoms with van der Waals surface area (Å²) in [7, 11) is 0. The van der Waals surface area contributed by atoms with Crippen molar-refractivity contribution in [3.63, 3.8) is 0 Å². The third-order valence-electron chi connectivity index (χ3n) is 3.85. The molecule has 0 saturated heterocycles. The third-order valence-corrected chi connectivity index (χ3v) is 4.80. The molecule has 1 amide bonds. The molecule has 0 aliphatic rings. The van der Waals surface area contributed by atoms with E-state index in [1.54, 1.807) is 18.3 Å². The third kappa shape index (κ3) is 6.53. The lowest BCUT2D eigenvalue weighted by Crippen LogP contribution is -2.13. The molecule has 2 aromatic heterocycles. The summed E-state index contributed by atoms with van der Waals surface area (Å²) < 4.78 is 14.1. The van der Waals surface area contributed by atoms with E-state index in [2.05, 4.69) is 63.9 Å². The van der Waals surface area contributed by atoms with Gasteiger partial charge in [-0.3, -0.25) is 4.79 Å². The number of primary amides is 1. The second kappa shape index (κ2) is 9.94. The van der Waals surface area contributed by atoms with Gasteiger partial charge in [-0.05, 0) is 46.3 Å². The van der Waals surface area contributed by atoms with E-state index in [0.29, 0.717) is 11.2 Å². The number of aromatic nitrogens is 3. The van der Waals surface area contributed by atoms with Crippen LogP contribution in [0, 0.1) is 17.3 Å². The highest BCUT2D eigenvalue weighted by atomic mass is 79.9. The fourth-order valence-electron chi connectivity index (χ4n) is 2.45. The molecule has 6 nitrogen and oxygen atoms in total. The summed E-state index contributed by atoms with van der Waals surface area (Å²) >= 11 is 2.94. The Morgan fingerprint density at radius 1 is 1.39 bits per heavy atom. The summed E-state index contributed by atoms with van der Waals surface area (Å²) in [6.45, 7) is 6.72. The van der Waals surface area contributed by atoms with Crippen LogP contribution >= 0.6 is 28.3 Å². The molecule has 0 unspecified atom stereocenters. The van der Waals surface area contributed by atoms with Crippen molar-refractivity contribution in [2.24, 2.45) is 11.1 Å². The van der Waals surface area contributed by atoms with Crippen LogP contribution in [0.15, 0.2) is 22.9 Å². The first-order valence-electron chi connectivity index (χ1n) is 8.80. The molecule has 0 radical (unpaired) electrons. The Hall–Kier alpha value is -2.05. The van der Waals surface area contributed by atoms with E-state index >= 15 is 0 Å². The van der Waals surface area contributed by atoms with Gasteiger partial charge in [-0.2, -0.15) is 4.09 Å². The van der Waals surface area contributed by atoms with E-state index in [-0.39, 0.29) is 28.3 Å². The van der Waals surface area contributed by atoms with Crippen molar-refractivity contribution in [2.45, 2.75) is 46.5 Å². The van der Waals surface area contributed by atoms with Crippen LogP contribution in [0.3, 0.4) is 0 Å². The number of pyridine rings is 1. The number of carbonyl (C=O) groups is 1. The number of amides is 1. The maximum atomic E-state index is 13.1. The first-order valence-corrected chi connectivity index (χ1v) is 10.3. The van der Waals surface area contributed by atoms with Gasteiger partial charge in [0.15, 0.2) is 18.2 Å². The van der Waals surface area contributed by atoms with Crippen LogP contribution in [-0.4, -0.2) is 20.1 Å². The predicted octanol–water partition coefficient (Wildman–Crippen LogP) is 5.22. The number of unbranched alkanes of at least 4 members (excludes halogenated alkanes) is 2. The van der Waals surface area contributed by atoms with Gasteiger partial charge in [-0.25, -0.2) is 4.98 Å². The van der Waals surface area contributed by atoms with Crippen LogP contribution < -0.4 is 11.1 Å². The number of nitrogens with two attached hydrogens (primary N) is 1. The Bertz CT molecular complexity index is 881. The van der Waals surface area contributed by atoms with Gasteiger partial charge in [0.25, 0.3) is 5.91 Å². The van der Waals surface area contributed by atoms with Crippen molar-refractivity contribution in [1.82, 2.24) is 14.2 Å². The molecule has 0 saturated carbocycles. The van der Waals surface area contributed by atoms with E-state index in [0.717, 1.165) is 28.9 Å². The molecule has 0 bridgehead atoms. The zero-order chi connectivity index (χ0) is 20.7. The fraction of sp³-hybridized carbons (Fsp3) is 0.421. The average molecular weight is 468 g/mol. The van der Waals surface area contributed by atoms with Crippen LogP contribution in [0.2, 0.25) is 0 Å². The second-order valence-electron chi connectivity index (χ2n) is 7.45. The molecule has 0 aliphatic heterocycles. The Kier molecular flexibility index (Phi) is 7.89. The second-order valence-corrected chi connectivity index (χ2v) is 8.68. The molecular formula is C19H23BrFN5OS. The number of nitrogens with zero attached hydrogens (tertiary/aromatic N) is 3. The molecule has 0 fully saturated rings. The smallest absolute Gasteiger partial charge is 0.255 e. The molecule has 2 heterocycles.